The number of anilines is 2. The molecule has 0 radical (unpaired) electrons. The summed E-state index contributed by atoms with van der Waals surface area (Å²) in [6, 6.07) is 22.7. The van der Waals surface area contributed by atoms with Crippen LogP contribution < -0.4 is 15.5 Å². The van der Waals surface area contributed by atoms with Crippen molar-refractivity contribution >= 4 is 23.3 Å². The second kappa shape index (κ2) is 8.07. The van der Waals surface area contributed by atoms with Gasteiger partial charge in [0.15, 0.2) is 0 Å². The molecular weight excluding hydrogens is 471 g/mol. The number of hydrogen-bond acceptors (Lipinski definition) is 6. The van der Waals surface area contributed by atoms with Gasteiger partial charge in [-0.1, -0.05) is 48.5 Å². The Morgan fingerprint density at radius 1 is 1.08 bits per heavy atom. The van der Waals surface area contributed by atoms with Crippen molar-refractivity contribution in [1.82, 2.24) is 0 Å². The van der Waals surface area contributed by atoms with Crippen molar-refractivity contribution < 1.29 is 18.7 Å². The molecule has 37 heavy (non-hydrogen) atoms. The number of benzene rings is 3. The Kier molecular flexibility index (Phi) is 4.92. The molecule has 2 N–H and O–H groups in total. The predicted molar refractivity (Wildman–Crippen MR) is 134 cm³/mol. The molecule has 3 aliphatic rings. The van der Waals surface area contributed by atoms with Crippen LogP contribution in [0.3, 0.4) is 0 Å². The average Bonchev–Trinajstić information content (AvgIpc) is 3.38. The summed E-state index contributed by atoms with van der Waals surface area (Å²) in [4.78, 5) is 30.8. The highest BCUT2D eigenvalue weighted by molar-refractivity contribution is 6.19. The van der Waals surface area contributed by atoms with Crippen LogP contribution in [0.5, 0.6) is 0 Å². The zero-order chi connectivity index (χ0) is 25.9. The van der Waals surface area contributed by atoms with E-state index >= 15 is 0 Å². The summed E-state index contributed by atoms with van der Waals surface area (Å²) in [6.07, 6.45) is 0. The lowest BCUT2D eigenvalue weighted by Gasteiger charge is -2.38. The van der Waals surface area contributed by atoms with Gasteiger partial charge in [0.1, 0.15) is 29.7 Å². The van der Waals surface area contributed by atoms with Gasteiger partial charge in [0.25, 0.3) is 0 Å². The van der Waals surface area contributed by atoms with E-state index in [2.05, 4.69) is 6.07 Å². The molecule has 0 aromatic heterocycles. The molecule has 3 aromatic rings. The predicted octanol–water partition coefficient (Wildman–Crippen LogP) is 3.94. The fraction of sp³-hybridized carbons (Fsp3) is 0.138. The van der Waals surface area contributed by atoms with Crippen LogP contribution >= 0.6 is 0 Å². The average molecular weight is 493 g/mol. The molecule has 3 aliphatic heterocycles. The molecule has 8 heteroatoms. The van der Waals surface area contributed by atoms with Gasteiger partial charge in [-0.25, -0.2) is 9.18 Å². The maximum absolute atomic E-state index is 14.6. The SMILES string of the molecule is Cc1cccc(N2C(N)=C(C#N)[C@@]3(C(=O)N(Cc4ccccc4F)c4ccccc43)C3=C2COC3=O)c1. The largest absolute Gasteiger partial charge is 0.456 e. The quantitative estimate of drug-likeness (QED) is 0.556. The number of carbonyl (C=O) groups is 2. The number of carbonyl (C=O) groups excluding carboxylic acids is 2. The summed E-state index contributed by atoms with van der Waals surface area (Å²) in [6.45, 7) is 1.73. The molecule has 0 aliphatic carbocycles. The number of nitrogens with two attached hydrogens (primary N) is 1. The molecular formula is C29H21FN4O3. The number of amides is 1. The number of rotatable bonds is 3. The lowest BCUT2D eigenvalue weighted by Crippen LogP contribution is -2.50. The van der Waals surface area contributed by atoms with Crippen molar-refractivity contribution in [1.29, 1.82) is 5.26 Å². The van der Waals surface area contributed by atoms with Crippen molar-refractivity contribution in [3.8, 4) is 6.07 Å². The van der Waals surface area contributed by atoms with E-state index < -0.39 is 23.1 Å². The second-order valence-electron chi connectivity index (χ2n) is 9.19. The first-order valence-corrected chi connectivity index (χ1v) is 11.7. The van der Waals surface area contributed by atoms with Gasteiger partial charge in [-0.15, -0.1) is 0 Å². The molecule has 0 bridgehead atoms. The first-order valence-electron chi connectivity index (χ1n) is 11.7. The highest BCUT2D eigenvalue weighted by atomic mass is 19.1. The minimum atomic E-state index is -1.80. The van der Waals surface area contributed by atoms with Crippen LogP contribution in [0.2, 0.25) is 0 Å². The van der Waals surface area contributed by atoms with Crippen LogP contribution in [0, 0.1) is 24.1 Å². The molecule has 1 amide bonds. The third kappa shape index (κ3) is 2.97. The Balaban J connectivity index is 1.62. The minimum Gasteiger partial charge on any atom is -0.456 e. The van der Waals surface area contributed by atoms with Gasteiger partial charge in [-0.3, -0.25) is 9.69 Å². The number of nitrogens with zero attached hydrogens (tertiary/aromatic N) is 3. The molecule has 3 aromatic carbocycles. The molecule has 1 atom stereocenters. The Hall–Kier alpha value is -4.90. The molecule has 0 saturated heterocycles. The van der Waals surface area contributed by atoms with Gasteiger partial charge in [0.2, 0.25) is 5.91 Å². The van der Waals surface area contributed by atoms with Gasteiger partial charge in [0, 0.05) is 22.5 Å². The summed E-state index contributed by atoms with van der Waals surface area (Å²) < 4.78 is 20.1. The zero-order valence-corrected chi connectivity index (χ0v) is 19.9. The maximum Gasteiger partial charge on any atom is 0.338 e. The molecule has 0 unspecified atom stereocenters. The van der Waals surface area contributed by atoms with Gasteiger partial charge >= 0.3 is 5.97 Å². The van der Waals surface area contributed by atoms with E-state index in [-0.39, 0.29) is 30.1 Å². The number of fused-ring (bicyclic) bond motifs is 3. The lowest BCUT2D eigenvalue weighted by atomic mass is 9.67. The van der Waals surface area contributed by atoms with Crippen molar-refractivity contribution in [3.63, 3.8) is 0 Å². The maximum atomic E-state index is 14.6. The number of aryl methyl sites for hydroxylation is 1. The lowest BCUT2D eigenvalue weighted by molar-refractivity contribution is -0.137. The normalized spacial score (nSPS) is 20.4. The number of hydrogen-bond donors (Lipinski definition) is 1. The van der Waals surface area contributed by atoms with E-state index in [1.54, 1.807) is 47.4 Å². The topological polar surface area (TPSA) is 99.7 Å². The summed E-state index contributed by atoms with van der Waals surface area (Å²) in [5.41, 5.74) is 8.08. The molecule has 182 valence electrons. The summed E-state index contributed by atoms with van der Waals surface area (Å²) in [5.74, 6) is -1.66. The fourth-order valence-electron chi connectivity index (χ4n) is 5.61. The van der Waals surface area contributed by atoms with Crippen LogP contribution in [0.1, 0.15) is 16.7 Å². The molecule has 7 nitrogen and oxygen atoms in total. The van der Waals surface area contributed by atoms with Crippen LogP contribution in [0.25, 0.3) is 0 Å². The summed E-state index contributed by atoms with van der Waals surface area (Å²) in [7, 11) is 0. The molecule has 3 heterocycles. The number of para-hydroxylation sites is 1. The van der Waals surface area contributed by atoms with E-state index in [1.807, 2.05) is 31.2 Å². The minimum absolute atomic E-state index is 0.0426. The third-order valence-corrected chi connectivity index (χ3v) is 7.17. The van der Waals surface area contributed by atoms with Crippen LogP contribution in [-0.2, 0) is 26.3 Å². The Labute approximate surface area is 212 Å². The van der Waals surface area contributed by atoms with Gasteiger partial charge in [-0.2, -0.15) is 5.26 Å². The highest BCUT2D eigenvalue weighted by Crippen LogP contribution is 2.56. The first kappa shape index (κ1) is 22.6. The Morgan fingerprint density at radius 3 is 2.59 bits per heavy atom. The number of nitriles is 1. The molecule has 1 spiro atoms. The third-order valence-electron chi connectivity index (χ3n) is 7.17. The van der Waals surface area contributed by atoms with Crippen LogP contribution in [0.15, 0.2) is 95.5 Å². The molecule has 6 rings (SSSR count). The highest BCUT2D eigenvalue weighted by Gasteiger charge is 2.64. The van der Waals surface area contributed by atoms with E-state index in [0.717, 1.165) is 5.56 Å². The Bertz CT molecular complexity index is 1620. The van der Waals surface area contributed by atoms with Gasteiger partial charge in [0.05, 0.1) is 23.4 Å². The standard InChI is InChI=1S/C29H21FN4O3/c1-17-7-6-9-19(13-17)34-24-16-37-27(35)25(24)29(21(14-31)26(34)32)20-10-3-5-12-23(20)33(28(29)36)15-18-8-2-4-11-22(18)30/h2-13H,15-16,32H2,1H3/t29-/m1/s1. The van der Waals surface area contributed by atoms with Crippen molar-refractivity contribution in [2.75, 3.05) is 16.4 Å². The van der Waals surface area contributed by atoms with Gasteiger partial charge in [-0.05, 0) is 36.8 Å². The number of cyclic esters (lactones) is 1. The van der Waals surface area contributed by atoms with Gasteiger partial charge < -0.3 is 15.4 Å². The van der Waals surface area contributed by atoms with Crippen LogP contribution in [-0.4, -0.2) is 18.5 Å². The van der Waals surface area contributed by atoms with Crippen LogP contribution in [0.4, 0.5) is 15.8 Å². The first-order chi connectivity index (χ1) is 17.9. The number of halogens is 1. The fourth-order valence-corrected chi connectivity index (χ4v) is 5.61. The second-order valence-corrected chi connectivity index (χ2v) is 9.19. The number of ether oxygens (including phenoxy) is 1. The van der Waals surface area contributed by atoms with E-state index in [0.29, 0.717) is 28.2 Å². The smallest absolute Gasteiger partial charge is 0.338 e. The zero-order valence-electron chi connectivity index (χ0n) is 19.9. The van der Waals surface area contributed by atoms with E-state index in [1.165, 1.54) is 11.0 Å². The van der Waals surface area contributed by atoms with Crippen molar-refractivity contribution in [2.24, 2.45) is 5.73 Å². The van der Waals surface area contributed by atoms with Crippen molar-refractivity contribution in [2.45, 2.75) is 18.9 Å². The summed E-state index contributed by atoms with van der Waals surface area (Å²) >= 11 is 0. The Morgan fingerprint density at radius 2 is 1.84 bits per heavy atom. The monoisotopic (exact) mass is 492 g/mol. The summed E-state index contributed by atoms with van der Waals surface area (Å²) in [5, 5.41) is 10.5. The molecule has 0 saturated carbocycles. The van der Waals surface area contributed by atoms with Crippen molar-refractivity contribution in [3.05, 3.63) is 118 Å². The molecule has 0 fully saturated rings. The number of esters is 1. The van der Waals surface area contributed by atoms with E-state index in [9.17, 15) is 19.2 Å². The van der Waals surface area contributed by atoms with E-state index in [4.69, 9.17) is 10.5 Å².